The van der Waals surface area contributed by atoms with E-state index in [1.54, 1.807) is 6.07 Å². The first kappa shape index (κ1) is 21.6. The van der Waals surface area contributed by atoms with Crippen molar-refractivity contribution in [2.45, 2.75) is 50.9 Å². The van der Waals surface area contributed by atoms with Crippen molar-refractivity contribution in [3.05, 3.63) is 95.1 Å². The standard InChI is InChI=1S/C27H26F4/c1-17(19-5-3-2-4-6-19)13-18-7-9-20(10-8-18)21-11-12-23(24(28)14-21)22-15-25(29)27(31)26(30)16-22/h2-6,11-12,14-18,20H,7-10,13H2,1H3/t17-,18?,20?/m0/s1. The molecule has 0 N–H and O–H groups in total. The van der Waals surface area contributed by atoms with Crippen molar-refractivity contribution in [3.8, 4) is 11.1 Å². The van der Waals surface area contributed by atoms with Crippen molar-refractivity contribution in [1.29, 1.82) is 0 Å². The van der Waals surface area contributed by atoms with E-state index >= 15 is 0 Å². The molecule has 0 unspecified atom stereocenters. The van der Waals surface area contributed by atoms with Crippen LogP contribution in [0.15, 0.2) is 60.7 Å². The first-order chi connectivity index (χ1) is 14.9. The molecule has 0 spiro atoms. The minimum absolute atomic E-state index is 0.000872. The average Bonchev–Trinajstić information content (AvgIpc) is 2.78. The van der Waals surface area contributed by atoms with Gasteiger partial charge in [0.15, 0.2) is 17.5 Å². The van der Waals surface area contributed by atoms with Crippen molar-refractivity contribution in [3.63, 3.8) is 0 Å². The van der Waals surface area contributed by atoms with Gasteiger partial charge in [0.25, 0.3) is 0 Å². The Hall–Kier alpha value is -2.62. The third kappa shape index (κ3) is 4.84. The van der Waals surface area contributed by atoms with Crippen LogP contribution in [-0.4, -0.2) is 0 Å². The zero-order valence-corrected chi connectivity index (χ0v) is 17.6. The van der Waals surface area contributed by atoms with Crippen LogP contribution >= 0.6 is 0 Å². The van der Waals surface area contributed by atoms with Crippen LogP contribution in [0.3, 0.4) is 0 Å². The van der Waals surface area contributed by atoms with Crippen molar-refractivity contribution < 1.29 is 17.6 Å². The molecule has 0 nitrogen and oxygen atoms in total. The van der Waals surface area contributed by atoms with Crippen LogP contribution in [0.5, 0.6) is 0 Å². The van der Waals surface area contributed by atoms with Crippen molar-refractivity contribution in [2.75, 3.05) is 0 Å². The van der Waals surface area contributed by atoms with Gasteiger partial charge in [0.2, 0.25) is 0 Å². The minimum Gasteiger partial charge on any atom is -0.206 e. The summed E-state index contributed by atoms with van der Waals surface area (Å²) in [6.07, 6.45) is 5.39. The molecule has 1 aliphatic carbocycles. The lowest BCUT2D eigenvalue weighted by Gasteiger charge is -2.30. The Morgan fingerprint density at radius 3 is 2.03 bits per heavy atom. The lowest BCUT2D eigenvalue weighted by Crippen LogP contribution is -2.15. The van der Waals surface area contributed by atoms with E-state index in [4.69, 9.17) is 0 Å². The second kappa shape index (κ2) is 9.25. The molecule has 0 radical (unpaired) electrons. The van der Waals surface area contributed by atoms with Gasteiger partial charge in [-0.25, -0.2) is 17.6 Å². The number of hydrogen-bond acceptors (Lipinski definition) is 0. The van der Waals surface area contributed by atoms with E-state index in [0.717, 1.165) is 49.8 Å². The third-order valence-corrected chi connectivity index (χ3v) is 6.66. The molecule has 3 aromatic carbocycles. The minimum atomic E-state index is -1.54. The monoisotopic (exact) mass is 426 g/mol. The van der Waals surface area contributed by atoms with Crippen LogP contribution in [0.25, 0.3) is 11.1 Å². The van der Waals surface area contributed by atoms with Gasteiger partial charge in [0.05, 0.1) is 0 Å². The maximum Gasteiger partial charge on any atom is 0.194 e. The fourth-order valence-corrected chi connectivity index (χ4v) is 4.88. The maximum atomic E-state index is 14.8. The number of halogens is 4. The van der Waals surface area contributed by atoms with Crippen LogP contribution in [-0.2, 0) is 0 Å². The second-order valence-electron chi connectivity index (χ2n) is 8.76. The Bertz CT molecular complexity index is 1010. The van der Waals surface area contributed by atoms with Gasteiger partial charge in [-0.2, -0.15) is 0 Å². The summed E-state index contributed by atoms with van der Waals surface area (Å²) >= 11 is 0. The predicted molar refractivity (Wildman–Crippen MR) is 116 cm³/mol. The number of hydrogen-bond donors (Lipinski definition) is 0. The van der Waals surface area contributed by atoms with Gasteiger partial charge >= 0.3 is 0 Å². The van der Waals surface area contributed by atoms with Crippen molar-refractivity contribution >= 4 is 0 Å². The molecule has 162 valence electrons. The zero-order valence-electron chi connectivity index (χ0n) is 17.6. The van der Waals surface area contributed by atoms with Crippen LogP contribution in [0, 0.1) is 29.2 Å². The van der Waals surface area contributed by atoms with Crippen LogP contribution in [0.2, 0.25) is 0 Å². The molecule has 1 aliphatic rings. The van der Waals surface area contributed by atoms with E-state index < -0.39 is 23.3 Å². The Kier molecular flexibility index (Phi) is 6.45. The van der Waals surface area contributed by atoms with Gasteiger partial charge in [-0.05, 0) is 84.7 Å². The van der Waals surface area contributed by atoms with Gasteiger partial charge in [0, 0.05) is 5.56 Å². The van der Waals surface area contributed by atoms with E-state index in [1.807, 2.05) is 12.1 Å². The van der Waals surface area contributed by atoms with E-state index in [-0.39, 0.29) is 17.0 Å². The van der Waals surface area contributed by atoms with E-state index in [1.165, 1.54) is 11.6 Å². The largest absolute Gasteiger partial charge is 0.206 e. The molecule has 0 aromatic heterocycles. The van der Waals surface area contributed by atoms with Gasteiger partial charge in [-0.1, -0.05) is 49.4 Å². The average molecular weight is 426 g/mol. The first-order valence-corrected chi connectivity index (χ1v) is 10.9. The molecular formula is C27H26F4. The number of rotatable bonds is 5. The Balaban J connectivity index is 1.41. The molecule has 0 heterocycles. The summed E-state index contributed by atoms with van der Waals surface area (Å²) < 4.78 is 55.0. The Morgan fingerprint density at radius 1 is 0.774 bits per heavy atom. The van der Waals surface area contributed by atoms with Gasteiger partial charge in [0.1, 0.15) is 5.82 Å². The van der Waals surface area contributed by atoms with Crippen molar-refractivity contribution in [2.24, 2.45) is 5.92 Å². The summed E-state index contributed by atoms with van der Waals surface area (Å²) in [6, 6.07) is 17.0. The summed E-state index contributed by atoms with van der Waals surface area (Å²) in [4.78, 5) is 0. The highest BCUT2D eigenvalue weighted by Crippen LogP contribution is 2.40. The summed E-state index contributed by atoms with van der Waals surface area (Å²) in [5, 5.41) is 0. The molecule has 4 heteroatoms. The lowest BCUT2D eigenvalue weighted by molar-refractivity contribution is 0.297. The van der Waals surface area contributed by atoms with E-state index in [9.17, 15) is 17.6 Å². The molecule has 0 amide bonds. The summed E-state index contributed by atoms with van der Waals surface area (Å²) in [5.74, 6) is -3.24. The first-order valence-electron chi connectivity index (χ1n) is 10.9. The van der Waals surface area contributed by atoms with Gasteiger partial charge in [-0.3, -0.25) is 0 Å². The molecule has 3 aromatic rings. The van der Waals surface area contributed by atoms with Crippen molar-refractivity contribution in [1.82, 2.24) is 0 Å². The topological polar surface area (TPSA) is 0 Å². The molecule has 0 bridgehead atoms. The smallest absolute Gasteiger partial charge is 0.194 e. The van der Waals surface area contributed by atoms with Crippen LogP contribution < -0.4 is 0 Å². The zero-order chi connectivity index (χ0) is 22.0. The molecular weight excluding hydrogens is 400 g/mol. The molecule has 31 heavy (non-hydrogen) atoms. The maximum absolute atomic E-state index is 14.8. The molecule has 0 aliphatic heterocycles. The van der Waals surface area contributed by atoms with Crippen LogP contribution in [0.4, 0.5) is 17.6 Å². The fraction of sp³-hybridized carbons (Fsp3) is 0.333. The highest BCUT2D eigenvalue weighted by atomic mass is 19.2. The summed E-state index contributed by atoms with van der Waals surface area (Å²) in [6.45, 7) is 2.27. The molecule has 1 fully saturated rings. The molecule has 1 atom stereocenters. The molecule has 0 saturated heterocycles. The fourth-order valence-electron chi connectivity index (χ4n) is 4.88. The highest BCUT2D eigenvalue weighted by Gasteiger charge is 2.25. The third-order valence-electron chi connectivity index (χ3n) is 6.66. The van der Waals surface area contributed by atoms with Crippen LogP contribution in [0.1, 0.15) is 62.0 Å². The Morgan fingerprint density at radius 2 is 1.42 bits per heavy atom. The second-order valence-corrected chi connectivity index (χ2v) is 8.76. The number of benzene rings is 3. The molecule has 1 saturated carbocycles. The molecule has 4 rings (SSSR count). The van der Waals surface area contributed by atoms with Gasteiger partial charge < -0.3 is 0 Å². The summed E-state index contributed by atoms with van der Waals surface area (Å²) in [7, 11) is 0. The lowest BCUT2D eigenvalue weighted by atomic mass is 9.75. The Labute approximate surface area is 180 Å². The predicted octanol–water partition coefficient (Wildman–Crippen LogP) is 8.38. The van der Waals surface area contributed by atoms with Gasteiger partial charge in [-0.15, -0.1) is 0 Å². The quantitative estimate of drug-likeness (QED) is 0.284. The normalized spacial score (nSPS) is 19.9. The van der Waals surface area contributed by atoms with E-state index in [0.29, 0.717) is 11.8 Å². The highest BCUT2D eigenvalue weighted by molar-refractivity contribution is 5.65. The SMILES string of the molecule is C[C@@H](CC1CCC(c2ccc(-c3cc(F)c(F)c(F)c3)c(F)c2)CC1)c1ccccc1. The summed E-state index contributed by atoms with van der Waals surface area (Å²) in [5.41, 5.74) is 2.36. The van der Waals surface area contributed by atoms with E-state index in [2.05, 4.69) is 31.2 Å².